The number of amides is 5. The summed E-state index contributed by atoms with van der Waals surface area (Å²) in [6, 6.07) is -5.83. The van der Waals surface area contributed by atoms with Crippen molar-refractivity contribution in [3.05, 3.63) is 12.7 Å². The average molecular weight is 1260 g/mol. The van der Waals surface area contributed by atoms with E-state index in [2.05, 4.69) is 56.2 Å². The van der Waals surface area contributed by atoms with E-state index in [1.165, 1.54) is 22.7 Å². The molecule has 0 aromatic carbocycles. The van der Waals surface area contributed by atoms with Gasteiger partial charge in [-0.25, -0.2) is 24.1 Å². The minimum Gasteiger partial charge on any atom is -0.394 e. The van der Waals surface area contributed by atoms with E-state index in [-0.39, 0.29) is 61.7 Å². The smallest absolute Gasteiger partial charge is 0.394 e. The molecule has 0 radical (unpaired) electrons. The van der Waals surface area contributed by atoms with Crippen LogP contribution in [0.25, 0.3) is 11.2 Å². The van der Waals surface area contributed by atoms with Crippen LogP contribution in [-0.4, -0.2) is 226 Å². The molecule has 21 N–H and O–H groups in total. The molecule has 0 saturated carbocycles. The lowest BCUT2D eigenvalue weighted by Crippen LogP contribution is -2.59. The molecule has 16 atom stereocenters. The minimum atomic E-state index is -5.47. The Morgan fingerprint density at radius 3 is 2.10 bits per heavy atom. The van der Waals surface area contributed by atoms with E-state index in [1.54, 1.807) is 27.0 Å². The number of carbonyl (C=O) groups excluding carboxylic acids is 6. The number of fused-ring (bicyclic) bond motifs is 1. The molecule has 2 saturated heterocycles. The molecule has 0 bridgehead atoms. The molecular weight excluding hydrogens is 1180 g/mol. The van der Waals surface area contributed by atoms with Crippen LogP contribution in [0.4, 0.5) is 5.82 Å². The first-order valence-electron chi connectivity index (χ1n) is 26.0. The van der Waals surface area contributed by atoms with Crippen LogP contribution in [0.15, 0.2) is 17.6 Å². The van der Waals surface area contributed by atoms with Gasteiger partial charge in [-0.2, -0.15) is 16.1 Å². The van der Waals surface area contributed by atoms with Crippen LogP contribution < -0.4 is 54.8 Å². The van der Waals surface area contributed by atoms with Gasteiger partial charge in [-0.05, 0) is 69.9 Å². The number of unbranched alkanes of at least 4 members (excludes halogenated alkanes) is 1. The number of aromatic nitrogens is 4. The maximum absolute atomic E-state index is 13.9. The summed E-state index contributed by atoms with van der Waals surface area (Å²) in [7, 11) is -10.9. The zero-order valence-electron chi connectivity index (χ0n) is 45.8. The van der Waals surface area contributed by atoms with Gasteiger partial charge in [0.2, 0.25) is 29.5 Å². The van der Waals surface area contributed by atoms with Gasteiger partial charge in [0.25, 0.3) is 0 Å². The van der Waals surface area contributed by atoms with Crippen molar-refractivity contribution in [2.45, 2.75) is 143 Å². The van der Waals surface area contributed by atoms with Crippen LogP contribution in [0.2, 0.25) is 0 Å². The minimum absolute atomic E-state index is 0.00136. The van der Waals surface area contributed by atoms with Crippen molar-refractivity contribution in [2.75, 3.05) is 57.2 Å². The largest absolute Gasteiger partial charge is 0.481 e. The number of hydrogen-bond donors (Lipinski definition) is 17. The quantitative estimate of drug-likeness (QED) is 0.00750. The van der Waals surface area contributed by atoms with Crippen molar-refractivity contribution in [1.29, 1.82) is 0 Å². The highest BCUT2D eigenvalue weighted by atomic mass is 32.2. The molecule has 2 fully saturated rings. The van der Waals surface area contributed by atoms with Gasteiger partial charge in [-0.15, -0.1) is 11.8 Å². The number of nitrogens with two attached hydrogens (primary N) is 4. The number of thioether (sulfide) groups is 2. The van der Waals surface area contributed by atoms with Crippen molar-refractivity contribution >= 4 is 97.9 Å². The summed E-state index contributed by atoms with van der Waals surface area (Å²) in [4.78, 5) is 115. The number of nitrogens with zero attached hydrogens (tertiary/aromatic N) is 5. The predicted molar refractivity (Wildman–Crippen MR) is 297 cm³/mol. The molecule has 2 aliphatic heterocycles. The highest BCUT2D eigenvalue weighted by Gasteiger charge is 2.48. The second-order valence-electron chi connectivity index (χ2n) is 19.4. The highest BCUT2D eigenvalue weighted by Crippen LogP contribution is 2.61. The summed E-state index contributed by atoms with van der Waals surface area (Å²) in [5.74, 6) is -3.99. The highest BCUT2D eigenvalue weighted by molar-refractivity contribution is 8.00. The SMILES string of the molecule is CSCC[C@H](NC(=O)[C@@H](NC(=O)[C@H](CCCCNC(C)S[C@H]1O[C@H](COP(=O)(O)OP(=O)(O)OC[C@H]2O[C@@H](n3cnc4c(N)ncnc43)[C@H](O)[C@@H]2O)[C@@H](O)[C@H]1O)NC(=O)CNC(=O)[C@@H](N)CO)C(C)C)C(=O)N[C@H](C=O)CCCN=C(N)N. The van der Waals surface area contributed by atoms with E-state index < -0.39 is 161 Å². The van der Waals surface area contributed by atoms with Gasteiger partial charge < -0.3 is 104 Å². The lowest BCUT2D eigenvalue weighted by Gasteiger charge is -2.28. The molecule has 0 spiro atoms. The van der Waals surface area contributed by atoms with Gasteiger partial charge in [-0.3, -0.25) is 42.6 Å². The van der Waals surface area contributed by atoms with Crippen molar-refractivity contribution in [3.63, 3.8) is 0 Å². The fourth-order valence-electron chi connectivity index (χ4n) is 8.09. The Labute approximate surface area is 484 Å². The van der Waals surface area contributed by atoms with Gasteiger partial charge >= 0.3 is 15.6 Å². The molecule has 3 unspecified atom stereocenters. The molecule has 39 heteroatoms. The fraction of sp³-hybridized carbons (Fsp3) is 0.727. The fourth-order valence-corrected chi connectivity index (χ4v) is 11.8. The van der Waals surface area contributed by atoms with Gasteiger partial charge in [0.1, 0.15) is 84.4 Å². The number of phosphoric ester groups is 2. The van der Waals surface area contributed by atoms with Gasteiger partial charge in [0, 0.05) is 6.54 Å². The standard InChI is InChI=1S/C44H77N15O20P2S2/c1-21(2)30(41(70)57-26(10-13-82-4)39(68)55-23(15-60)8-7-12-50-44(47)48)58-40(69)25(56-29(62)14-51-38(67)24(45)16-61)9-5-6-11-49-22(3)83-43-35(66)33(64)28(78-43)18-76-81(73,74)79-80(71,72)75-17-27-32(63)34(65)42(77-27)59-20-54-31-36(46)52-19-53-37(31)59/h15,19-28,30,32-35,42-43,49,61,63-66H,5-14,16-18,45H2,1-4H3,(H,51,67)(H,55,68)(H,56,62)(H,57,70)(H,58,69)(H,71,72)(H,73,74)(H2,46,52,53)(H4,47,48,50)/t22?,23-,24-,25-,26-,27+,28+,30-,32+,33+,34+,35+,42+,43+/m0/s1. The van der Waals surface area contributed by atoms with Crippen LogP contribution in [0.3, 0.4) is 0 Å². The monoisotopic (exact) mass is 1260 g/mol. The van der Waals surface area contributed by atoms with Crippen LogP contribution in [0, 0.1) is 5.92 Å². The first-order valence-corrected chi connectivity index (χ1v) is 31.3. The summed E-state index contributed by atoms with van der Waals surface area (Å²) in [5, 5.41) is 67.4. The van der Waals surface area contributed by atoms with Crippen molar-refractivity contribution in [3.8, 4) is 0 Å². The van der Waals surface area contributed by atoms with Crippen LogP contribution in [0.1, 0.15) is 65.5 Å². The van der Waals surface area contributed by atoms with Crippen molar-refractivity contribution in [1.82, 2.24) is 51.4 Å². The normalized spacial score (nSPS) is 24.3. The third kappa shape index (κ3) is 22.2. The van der Waals surface area contributed by atoms with Gasteiger partial charge in [-0.1, -0.05) is 13.8 Å². The molecule has 2 aromatic heterocycles. The van der Waals surface area contributed by atoms with Crippen molar-refractivity contribution in [2.24, 2.45) is 28.1 Å². The first-order chi connectivity index (χ1) is 39.1. The summed E-state index contributed by atoms with van der Waals surface area (Å²) >= 11 is 2.41. The number of nitrogen functional groups attached to an aromatic ring is 1. The van der Waals surface area contributed by atoms with E-state index >= 15 is 0 Å². The average Bonchev–Trinajstić information content (AvgIpc) is 4.30. The molecule has 2 aromatic rings. The molecule has 470 valence electrons. The summed E-state index contributed by atoms with van der Waals surface area (Å²) < 4.78 is 52.0. The topological polar surface area (TPSA) is 557 Å². The Hall–Kier alpha value is -4.76. The second kappa shape index (κ2) is 33.8. The lowest BCUT2D eigenvalue weighted by molar-refractivity contribution is -0.135. The molecular formula is C44H77N15O20P2S2. The molecule has 4 heterocycles. The number of carbonyl (C=O) groups is 6. The Kier molecular flexibility index (Phi) is 28.8. The summed E-state index contributed by atoms with van der Waals surface area (Å²) in [6.07, 6.45) is -4.79. The number of ether oxygens (including phenoxy) is 2. The maximum atomic E-state index is 13.9. The van der Waals surface area contributed by atoms with E-state index in [1.807, 2.05) is 0 Å². The second-order valence-corrected chi connectivity index (χ2v) is 24.9. The van der Waals surface area contributed by atoms with Crippen LogP contribution >= 0.6 is 39.2 Å². The molecule has 2 aliphatic rings. The zero-order chi connectivity index (χ0) is 61.8. The lowest BCUT2D eigenvalue weighted by atomic mass is 10.0. The van der Waals surface area contributed by atoms with Crippen LogP contribution in [0.5, 0.6) is 0 Å². The first kappa shape index (κ1) is 70.7. The van der Waals surface area contributed by atoms with E-state index in [4.69, 9.17) is 41.5 Å². The number of aldehydes is 1. The third-order valence-electron chi connectivity index (χ3n) is 12.6. The molecule has 0 aliphatic carbocycles. The van der Waals surface area contributed by atoms with Gasteiger partial charge in [0.15, 0.2) is 23.7 Å². The number of anilines is 1. The Morgan fingerprint density at radius 2 is 1.47 bits per heavy atom. The Morgan fingerprint density at radius 1 is 0.831 bits per heavy atom. The van der Waals surface area contributed by atoms with E-state index in [9.17, 15) is 73.2 Å². The number of hydrogen-bond acceptors (Lipinski definition) is 27. The van der Waals surface area contributed by atoms with Gasteiger partial charge in [0.05, 0.1) is 44.1 Å². The number of aliphatic hydroxyl groups is 5. The van der Waals surface area contributed by atoms with Crippen LogP contribution in [-0.2, 0) is 60.7 Å². The zero-order valence-corrected chi connectivity index (χ0v) is 49.2. The number of rotatable bonds is 37. The number of aliphatic imine (C=N–C) groups is 1. The number of guanidine groups is 1. The summed E-state index contributed by atoms with van der Waals surface area (Å²) in [6.45, 7) is 2.27. The Balaban J connectivity index is 1.28. The van der Waals surface area contributed by atoms with Crippen molar-refractivity contribution < 1.29 is 96.0 Å². The number of nitrogens with one attached hydrogen (secondary N) is 6. The summed E-state index contributed by atoms with van der Waals surface area (Å²) in [5.41, 5.74) is 21.2. The van der Waals surface area contributed by atoms with E-state index in [0.29, 0.717) is 24.9 Å². The third-order valence-corrected chi connectivity index (χ3v) is 17.1. The number of imidazole rings is 1. The predicted octanol–water partition coefficient (Wildman–Crippen LogP) is -5.40. The maximum Gasteiger partial charge on any atom is 0.481 e. The van der Waals surface area contributed by atoms with E-state index in [0.717, 1.165) is 18.1 Å². The molecule has 35 nitrogen and oxygen atoms in total. The Bertz CT molecular complexity index is 2600. The molecule has 4 rings (SSSR count). The number of aliphatic hydroxyl groups excluding tert-OH is 5. The number of phosphoric acid groups is 2. The molecule has 83 heavy (non-hydrogen) atoms. The molecule has 5 amide bonds.